The van der Waals surface area contributed by atoms with Gasteiger partial charge in [-0.2, -0.15) is 0 Å². The second-order valence-electron chi connectivity index (χ2n) is 15.1. The van der Waals surface area contributed by atoms with E-state index in [1.54, 1.807) is 0 Å². The molecule has 0 heterocycles. The molecule has 10 nitrogen and oxygen atoms in total. The molecule has 0 aliphatic heterocycles. The van der Waals surface area contributed by atoms with Crippen molar-refractivity contribution in [3.63, 3.8) is 0 Å². The highest BCUT2D eigenvalue weighted by Gasteiger charge is 2.27. The van der Waals surface area contributed by atoms with Gasteiger partial charge in [0.1, 0.15) is 12.1 Å². The summed E-state index contributed by atoms with van der Waals surface area (Å²) < 4.78 is 33.4. The number of carboxylic acids is 1. The van der Waals surface area contributed by atoms with Gasteiger partial charge in [0.2, 0.25) is 0 Å². The van der Waals surface area contributed by atoms with Gasteiger partial charge in [0.05, 0.1) is 19.8 Å². The van der Waals surface area contributed by atoms with Gasteiger partial charge in [-0.05, 0) is 89.9 Å². The summed E-state index contributed by atoms with van der Waals surface area (Å²) >= 11 is 0. The molecule has 0 saturated carbocycles. The Kier molecular flexibility index (Phi) is 42.1. The third-order valence-corrected chi connectivity index (χ3v) is 10.4. The molecule has 0 aromatic heterocycles. The molecule has 0 radical (unpaired) electrons. The molecule has 0 aliphatic rings. The van der Waals surface area contributed by atoms with Gasteiger partial charge in [0.15, 0.2) is 0 Å². The molecule has 3 atom stereocenters. The van der Waals surface area contributed by atoms with E-state index in [1.807, 2.05) is 0 Å². The highest BCUT2D eigenvalue weighted by atomic mass is 31.2. The maximum Gasteiger partial charge on any atom is 0.472 e. The predicted molar refractivity (Wildman–Crippen MR) is 249 cm³/mol. The summed E-state index contributed by atoms with van der Waals surface area (Å²) in [5.74, 6) is -1.81. The number of phosphoric acid groups is 1. The maximum absolute atomic E-state index is 12.6. The first-order valence-corrected chi connectivity index (χ1v) is 24.6. The highest BCUT2D eigenvalue weighted by Crippen LogP contribution is 2.43. The summed E-state index contributed by atoms with van der Waals surface area (Å²) in [7, 11) is -4.64. The lowest BCUT2D eigenvalue weighted by Crippen LogP contribution is -2.34. The van der Waals surface area contributed by atoms with E-state index < -0.39 is 45.1 Å². The van der Waals surface area contributed by atoms with Gasteiger partial charge in [-0.25, -0.2) is 4.57 Å². The molecule has 344 valence electrons. The Bertz CT molecular complexity index is 1270. The summed E-state index contributed by atoms with van der Waals surface area (Å²) in [4.78, 5) is 33.6. The van der Waals surface area contributed by atoms with Crippen molar-refractivity contribution in [3.05, 3.63) is 85.1 Å². The monoisotopic (exact) mass is 862 g/mol. The first-order chi connectivity index (χ1) is 29.2. The Morgan fingerprint density at radius 1 is 0.550 bits per heavy atom. The molecule has 0 aromatic rings. The van der Waals surface area contributed by atoms with Gasteiger partial charge in [-0.3, -0.25) is 18.6 Å². The van der Waals surface area contributed by atoms with Gasteiger partial charge in [0.25, 0.3) is 0 Å². The number of carbonyl (C=O) groups excluding carboxylic acids is 1. The van der Waals surface area contributed by atoms with Crippen LogP contribution in [0.5, 0.6) is 0 Å². The third kappa shape index (κ3) is 43.2. The molecule has 11 heteroatoms. The number of ether oxygens (including phenoxy) is 2. The number of hydrogen-bond acceptors (Lipinski definition) is 8. The number of phosphoric ester groups is 1. The largest absolute Gasteiger partial charge is 0.480 e. The lowest BCUT2D eigenvalue weighted by atomic mass is 10.1. The molecule has 3 unspecified atom stereocenters. The van der Waals surface area contributed by atoms with Crippen LogP contribution in [0.2, 0.25) is 0 Å². The second-order valence-corrected chi connectivity index (χ2v) is 16.6. The fraction of sp³-hybridized carbons (Fsp3) is 0.673. The first-order valence-electron chi connectivity index (χ1n) is 23.1. The van der Waals surface area contributed by atoms with Crippen molar-refractivity contribution in [2.75, 3.05) is 26.4 Å². The van der Waals surface area contributed by atoms with Crippen molar-refractivity contribution in [2.24, 2.45) is 5.73 Å². The molecular weight excluding hydrogens is 778 g/mol. The molecule has 60 heavy (non-hydrogen) atoms. The number of nitrogens with two attached hydrogens (primary N) is 1. The van der Waals surface area contributed by atoms with Gasteiger partial charge >= 0.3 is 19.8 Å². The Morgan fingerprint density at radius 3 is 1.47 bits per heavy atom. The zero-order chi connectivity index (χ0) is 44.0. The van der Waals surface area contributed by atoms with E-state index in [9.17, 15) is 19.0 Å². The van der Waals surface area contributed by atoms with Crippen LogP contribution in [0.4, 0.5) is 0 Å². The van der Waals surface area contributed by atoms with Crippen LogP contribution in [0.1, 0.15) is 174 Å². The number of esters is 1. The van der Waals surface area contributed by atoms with E-state index in [0.717, 1.165) is 96.3 Å². The van der Waals surface area contributed by atoms with Crippen LogP contribution in [-0.2, 0) is 32.7 Å². The second kappa shape index (κ2) is 44.2. The first kappa shape index (κ1) is 57.1. The number of unbranched alkanes of at least 4 members (excludes halogenated alkanes) is 15. The number of carboxylic acid groups (broad SMARTS) is 1. The van der Waals surface area contributed by atoms with Crippen LogP contribution in [0.15, 0.2) is 85.1 Å². The topological polar surface area (TPSA) is 155 Å². The van der Waals surface area contributed by atoms with E-state index in [-0.39, 0.29) is 13.0 Å². The molecule has 0 rings (SSSR count). The summed E-state index contributed by atoms with van der Waals surface area (Å²) in [5.41, 5.74) is 5.36. The molecule has 0 bridgehead atoms. The average Bonchev–Trinajstić information content (AvgIpc) is 3.23. The van der Waals surface area contributed by atoms with E-state index in [4.69, 9.17) is 29.4 Å². The fourth-order valence-corrected chi connectivity index (χ4v) is 6.61. The quantitative estimate of drug-likeness (QED) is 0.0233. The molecule has 4 N–H and O–H groups in total. The van der Waals surface area contributed by atoms with Crippen molar-refractivity contribution in [2.45, 2.75) is 187 Å². The zero-order valence-corrected chi connectivity index (χ0v) is 38.4. The fourth-order valence-electron chi connectivity index (χ4n) is 5.84. The lowest BCUT2D eigenvalue weighted by molar-refractivity contribution is -0.154. The minimum atomic E-state index is -4.64. The molecule has 0 fully saturated rings. The van der Waals surface area contributed by atoms with Crippen molar-refractivity contribution < 1.29 is 42.7 Å². The van der Waals surface area contributed by atoms with Crippen molar-refractivity contribution in [1.29, 1.82) is 0 Å². The van der Waals surface area contributed by atoms with E-state index >= 15 is 0 Å². The molecule has 0 aliphatic carbocycles. The smallest absolute Gasteiger partial charge is 0.472 e. The number of hydrogen-bond donors (Lipinski definition) is 3. The Labute approximate surface area is 365 Å². The molecule has 0 amide bonds. The van der Waals surface area contributed by atoms with Gasteiger partial charge in [0, 0.05) is 13.0 Å². The average molecular weight is 862 g/mol. The van der Waals surface area contributed by atoms with Gasteiger partial charge in [-0.1, -0.05) is 163 Å². The van der Waals surface area contributed by atoms with Crippen LogP contribution in [0.25, 0.3) is 0 Å². The standard InChI is InChI=1S/C49H84NO9P/c1-3-5-7-9-11-13-15-17-19-21-22-23-24-25-26-28-30-32-34-36-38-40-42-56-43-46(44-57-60(54,55)58-45-47(50)49(52)53)59-48(51)41-39-37-35-33-31-29-27-20-18-16-14-12-10-8-6-4-2/h5,7,11,13,17,19-20,22-23,25-27,30,32,46-47H,3-4,6,8-10,12,14-16,18,21,24,28-29,31,33-45,50H2,1-2H3,(H,52,53)(H,54,55)/b7-5-,13-11-,19-17-,23-22-,26-25-,27-20-,32-30-. The van der Waals surface area contributed by atoms with E-state index in [1.165, 1.54) is 51.4 Å². The minimum Gasteiger partial charge on any atom is -0.480 e. The predicted octanol–water partition coefficient (Wildman–Crippen LogP) is 13.1. The van der Waals surface area contributed by atoms with Crippen LogP contribution in [0.3, 0.4) is 0 Å². The Balaban J connectivity index is 4.31. The van der Waals surface area contributed by atoms with Crippen LogP contribution in [0, 0.1) is 0 Å². The number of carbonyl (C=O) groups is 2. The third-order valence-electron chi connectivity index (χ3n) is 9.41. The van der Waals surface area contributed by atoms with Crippen molar-refractivity contribution in [1.82, 2.24) is 0 Å². The van der Waals surface area contributed by atoms with Gasteiger partial charge < -0.3 is 25.2 Å². The number of rotatable bonds is 43. The van der Waals surface area contributed by atoms with Crippen molar-refractivity contribution in [3.8, 4) is 0 Å². The highest BCUT2D eigenvalue weighted by molar-refractivity contribution is 7.47. The lowest BCUT2D eigenvalue weighted by Gasteiger charge is -2.20. The minimum absolute atomic E-state index is 0.0139. The van der Waals surface area contributed by atoms with Crippen molar-refractivity contribution >= 4 is 19.8 Å². The van der Waals surface area contributed by atoms with E-state index in [2.05, 4.69) is 98.9 Å². The van der Waals surface area contributed by atoms with Crippen LogP contribution in [-0.4, -0.2) is 60.5 Å². The Hall–Kier alpha value is -2.85. The molecule has 0 spiro atoms. The molecular formula is C49H84NO9P. The summed E-state index contributed by atoms with van der Waals surface area (Å²) in [6.45, 7) is 3.66. The normalized spacial score (nSPS) is 14.6. The Morgan fingerprint density at radius 2 is 0.967 bits per heavy atom. The molecule has 0 saturated heterocycles. The summed E-state index contributed by atoms with van der Waals surface area (Å²) in [6.07, 6.45) is 56.4. The van der Waals surface area contributed by atoms with Gasteiger partial charge in [-0.15, -0.1) is 0 Å². The van der Waals surface area contributed by atoms with Crippen LogP contribution < -0.4 is 5.73 Å². The molecule has 0 aromatic carbocycles. The van der Waals surface area contributed by atoms with Crippen LogP contribution >= 0.6 is 7.82 Å². The summed E-state index contributed by atoms with van der Waals surface area (Å²) in [6, 6.07) is -1.48. The number of allylic oxidation sites excluding steroid dienone is 14. The van der Waals surface area contributed by atoms with E-state index in [0.29, 0.717) is 13.0 Å². The zero-order valence-electron chi connectivity index (χ0n) is 37.5. The summed E-state index contributed by atoms with van der Waals surface area (Å²) in [5, 5.41) is 8.91. The number of aliphatic carboxylic acids is 1. The maximum atomic E-state index is 12.6. The SMILES string of the molecule is CC/C=C\C/C=C\C/C=C\C/C=C\C/C=C\C/C=C\CCCCCOCC(COP(=O)(O)OCC(N)C(=O)O)OC(=O)CCCCCCC/C=C\CCCCCCCCC.